The second-order valence-corrected chi connectivity index (χ2v) is 4.94. The average Bonchev–Trinajstić information content (AvgIpc) is 2.30. The van der Waals surface area contributed by atoms with Crippen LogP contribution in [0.2, 0.25) is 0 Å². The third-order valence-corrected chi connectivity index (χ3v) is 3.46. The minimum Gasteiger partial charge on any atom is -0.317 e. The zero-order chi connectivity index (χ0) is 12.3. The van der Waals surface area contributed by atoms with Crippen molar-refractivity contribution in [1.29, 1.82) is 0 Å². The maximum atomic E-state index is 13.5. The zero-order valence-corrected chi connectivity index (χ0v) is 10.2. The molecule has 0 aromatic heterocycles. The maximum absolute atomic E-state index is 13.5. The Bertz CT molecular complexity index is 365. The average molecular weight is 239 g/mol. The molecule has 0 spiro atoms. The number of rotatable bonds is 3. The molecule has 0 saturated carbocycles. The van der Waals surface area contributed by atoms with Crippen molar-refractivity contribution in [1.82, 2.24) is 5.32 Å². The fourth-order valence-corrected chi connectivity index (χ4v) is 2.52. The number of hydrogen-bond donors (Lipinski definition) is 1. The summed E-state index contributed by atoms with van der Waals surface area (Å²) in [4.78, 5) is 0. The molecule has 1 aliphatic rings. The van der Waals surface area contributed by atoms with Gasteiger partial charge in [-0.2, -0.15) is 0 Å². The van der Waals surface area contributed by atoms with E-state index in [0.717, 1.165) is 44.8 Å². The van der Waals surface area contributed by atoms with E-state index >= 15 is 0 Å². The van der Waals surface area contributed by atoms with Gasteiger partial charge in [-0.25, -0.2) is 8.78 Å². The van der Waals surface area contributed by atoms with Crippen LogP contribution in [0.3, 0.4) is 0 Å². The van der Waals surface area contributed by atoms with Gasteiger partial charge in [-0.05, 0) is 43.8 Å². The van der Waals surface area contributed by atoms with E-state index in [9.17, 15) is 8.78 Å². The first-order chi connectivity index (χ1) is 8.07. The Morgan fingerprint density at radius 3 is 2.53 bits per heavy atom. The summed E-state index contributed by atoms with van der Waals surface area (Å²) in [5, 5.41) is 3.30. The Morgan fingerprint density at radius 2 is 1.88 bits per heavy atom. The summed E-state index contributed by atoms with van der Waals surface area (Å²) in [5.74, 6) is -2.19. The van der Waals surface area contributed by atoms with Gasteiger partial charge in [0.1, 0.15) is 0 Å². The van der Waals surface area contributed by atoms with Gasteiger partial charge in [0.2, 0.25) is 0 Å². The number of halogens is 2. The summed E-state index contributed by atoms with van der Waals surface area (Å²) in [6.07, 6.45) is 2.95. The quantitative estimate of drug-likeness (QED) is 0.853. The summed E-state index contributed by atoms with van der Waals surface area (Å²) in [7, 11) is 0. The van der Waals surface area contributed by atoms with E-state index in [4.69, 9.17) is 0 Å². The number of alkyl halides is 2. The molecule has 2 rings (SSSR count). The molecule has 0 aliphatic carbocycles. The normalized spacial score (nSPS) is 18.3. The molecule has 17 heavy (non-hydrogen) atoms. The Hall–Kier alpha value is -0.960. The standard InChI is InChI=1S/C14H19F2N/c1-14(15,16)13-5-3-2-4-12(13)10-11-6-8-17-9-7-11/h2-5,11,17H,6-10H2,1H3. The van der Waals surface area contributed by atoms with E-state index in [1.807, 2.05) is 12.1 Å². The minimum absolute atomic E-state index is 0.193. The summed E-state index contributed by atoms with van der Waals surface area (Å²) in [5.41, 5.74) is 1.01. The maximum Gasteiger partial charge on any atom is 0.270 e. The summed E-state index contributed by atoms with van der Waals surface area (Å²) >= 11 is 0. The highest BCUT2D eigenvalue weighted by molar-refractivity contribution is 5.31. The highest BCUT2D eigenvalue weighted by Crippen LogP contribution is 2.32. The van der Waals surface area contributed by atoms with Gasteiger partial charge in [-0.15, -0.1) is 0 Å². The van der Waals surface area contributed by atoms with Crippen molar-refractivity contribution in [2.24, 2.45) is 5.92 Å². The molecule has 3 heteroatoms. The number of hydrogen-bond acceptors (Lipinski definition) is 1. The second kappa shape index (κ2) is 5.13. The SMILES string of the molecule is CC(F)(F)c1ccccc1CC1CCNCC1. The number of piperidine rings is 1. The topological polar surface area (TPSA) is 12.0 Å². The molecule has 1 aromatic carbocycles. The van der Waals surface area contributed by atoms with E-state index < -0.39 is 5.92 Å². The van der Waals surface area contributed by atoms with Crippen LogP contribution in [-0.4, -0.2) is 13.1 Å². The lowest BCUT2D eigenvalue weighted by molar-refractivity contribution is 0.0163. The largest absolute Gasteiger partial charge is 0.317 e. The van der Waals surface area contributed by atoms with Crippen LogP contribution in [-0.2, 0) is 12.3 Å². The fourth-order valence-electron chi connectivity index (χ4n) is 2.52. The second-order valence-electron chi connectivity index (χ2n) is 4.94. The van der Waals surface area contributed by atoms with E-state index in [1.54, 1.807) is 12.1 Å². The van der Waals surface area contributed by atoms with Crippen molar-refractivity contribution < 1.29 is 8.78 Å². The molecular formula is C14H19F2N. The molecule has 0 unspecified atom stereocenters. The Kier molecular flexibility index (Phi) is 3.77. The van der Waals surface area contributed by atoms with Crippen molar-refractivity contribution in [3.05, 3.63) is 35.4 Å². The van der Waals surface area contributed by atoms with Crippen LogP contribution in [0, 0.1) is 5.92 Å². The van der Waals surface area contributed by atoms with Gasteiger partial charge in [0, 0.05) is 12.5 Å². The predicted molar refractivity (Wildman–Crippen MR) is 65.3 cm³/mol. The molecule has 1 aliphatic heterocycles. The van der Waals surface area contributed by atoms with Gasteiger partial charge < -0.3 is 5.32 Å². The zero-order valence-electron chi connectivity index (χ0n) is 10.2. The first kappa shape index (κ1) is 12.5. The number of nitrogens with one attached hydrogen (secondary N) is 1. The van der Waals surface area contributed by atoms with E-state index in [2.05, 4.69) is 5.32 Å². The first-order valence-corrected chi connectivity index (χ1v) is 6.24. The van der Waals surface area contributed by atoms with Crippen molar-refractivity contribution in [3.8, 4) is 0 Å². The lowest BCUT2D eigenvalue weighted by Crippen LogP contribution is -2.29. The molecule has 94 valence electrons. The monoisotopic (exact) mass is 239 g/mol. The van der Waals surface area contributed by atoms with Crippen LogP contribution < -0.4 is 5.32 Å². The van der Waals surface area contributed by atoms with Crippen LogP contribution in [0.4, 0.5) is 8.78 Å². The fraction of sp³-hybridized carbons (Fsp3) is 0.571. The molecule has 0 amide bonds. The minimum atomic E-state index is -2.73. The molecule has 1 heterocycles. The Morgan fingerprint density at radius 1 is 1.24 bits per heavy atom. The van der Waals surface area contributed by atoms with Gasteiger partial charge in [-0.1, -0.05) is 24.3 Å². The Labute approximate surface area is 101 Å². The van der Waals surface area contributed by atoms with Crippen LogP contribution in [0.15, 0.2) is 24.3 Å². The van der Waals surface area contributed by atoms with E-state index in [1.165, 1.54) is 0 Å². The van der Waals surface area contributed by atoms with Gasteiger partial charge in [0.25, 0.3) is 5.92 Å². The highest BCUT2D eigenvalue weighted by atomic mass is 19.3. The summed E-state index contributed by atoms with van der Waals surface area (Å²) in [6.45, 7) is 3.00. The van der Waals surface area contributed by atoms with Crippen molar-refractivity contribution >= 4 is 0 Å². The molecule has 1 aromatic rings. The van der Waals surface area contributed by atoms with Crippen LogP contribution >= 0.6 is 0 Å². The molecule has 1 N–H and O–H groups in total. The predicted octanol–water partition coefficient (Wildman–Crippen LogP) is 3.34. The summed E-state index contributed by atoms with van der Waals surface area (Å²) in [6, 6.07) is 6.94. The molecule has 0 bridgehead atoms. The lowest BCUT2D eigenvalue weighted by atomic mass is 9.88. The van der Waals surface area contributed by atoms with Gasteiger partial charge in [-0.3, -0.25) is 0 Å². The van der Waals surface area contributed by atoms with Crippen LogP contribution in [0.1, 0.15) is 30.9 Å². The molecule has 1 fully saturated rings. The van der Waals surface area contributed by atoms with Gasteiger partial charge in [0.05, 0.1) is 0 Å². The molecule has 0 radical (unpaired) electrons. The van der Waals surface area contributed by atoms with Crippen molar-refractivity contribution in [2.45, 2.75) is 32.1 Å². The third-order valence-electron chi connectivity index (χ3n) is 3.46. The Balaban J connectivity index is 2.14. The van der Waals surface area contributed by atoms with Crippen molar-refractivity contribution in [2.75, 3.05) is 13.1 Å². The van der Waals surface area contributed by atoms with Crippen molar-refractivity contribution in [3.63, 3.8) is 0 Å². The third kappa shape index (κ3) is 3.25. The van der Waals surface area contributed by atoms with Crippen LogP contribution in [0.25, 0.3) is 0 Å². The van der Waals surface area contributed by atoms with Gasteiger partial charge >= 0.3 is 0 Å². The highest BCUT2D eigenvalue weighted by Gasteiger charge is 2.28. The number of benzene rings is 1. The molecule has 0 atom stereocenters. The molecule has 1 saturated heterocycles. The van der Waals surface area contributed by atoms with Gasteiger partial charge in [0.15, 0.2) is 0 Å². The summed E-state index contributed by atoms with van der Waals surface area (Å²) < 4.78 is 26.9. The smallest absolute Gasteiger partial charge is 0.270 e. The van der Waals surface area contributed by atoms with E-state index in [-0.39, 0.29) is 5.56 Å². The van der Waals surface area contributed by atoms with E-state index in [0.29, 0.717) is 5.92 Å². The lowest BCUT2D eigenvalue weighted by Gasteiger charge is -2.24. The first-order valence-electron chi connectivity index (χ1n) is 6.24. The molecular weight excluding hydrogens is 220 g/mol. The molecule has 1 nitrogen and oxygen atoms in total. The van der Waals surface area contributed by atoms with Crippen LogP contribution in [0.5, 0.6) is 0 Å².